The number of nitrogens with zero attached hydrogens (tertiary/aromatic N) is 1. The summed E-state index contributed by atoms with van der Waals surface area (Å²) in [4.78, 5) is 39.9. The predicted molar refractivity (Wildman–Crippen MR) is 149 cm³/mol. The standard InChI is InChI=1S/C32H32N2O6/c1-19(35)33-23-11-6-20(7-12-23)21-8-13-24(14-9-21)34-30(22-10-15-27-28(18-22)40-17-16-39-27)29(32(37)38)25-4-2-3-5-26(25)31(34)36/h2-5,8-10,13-15,18,20,23,29-30H,6-7,11-12,16-17H2,1H3,(H,33,35)(H,37,38). The van der Waals surface area contributed by atoms with Gasteiger partial charge in [-0.25, -0.2) is 0 Å². The number of carboxylic acid groups (broad SMARTS) is 1. The molecule has 1 fully saturated rings. The van der Waals surface area contributed by atoms with Crippen LogP contribution in [0.1, 0.15) is 77.5 Å². The Kier molecular flexibility index (Phi) is 6.92. The van der Waals surface area contributed by atoms with E-state index in [1.165, 1.54) is 5.56 Å². The van der Waals surface area contributed by atoms with Gasteiger partial charge in [0.2, 0.25) is 5.91 Å². The van der Waals surface area contributed by atoms with Crippen LogP contribution in [0.3, 0.4) is 0 Å². The molecule has 2 amide bonds. The summed E-state index contributed by atoms with van der Waals surface area (Å²) in [5, 5.41) is 13.5. The van der Waals surface area contributed by atoms with Gasteiger partial charge >= 0.3 is 5.97 Å². The van der Waals surface area contributed by atoms with Gasteiger partial charge in [0.15, 0.2) is 11.5 Å². The Hall–Kier alpha value is -4.33. The van der Waals surface area contributed by atoms with Gasteiger partial charge in [-0.1, -0.05) is 36.4 Å². The number of amides is 2. The lowest BCUT2D eigenvalue weighted by Gasteiger charge is -2.41. The molecule has 2 aliphatic heterocycles. The number of anilines is 1. The van der Waals surface area contributed by atoms with E-state index in [0.717, 1.165) is 25.7 Å². The zero-order valence-electron chi connectivity index (χ0n) is 22.3. The average molecular weight is 541 g/mol. The van der Waals surface area contributed by atoms with E-state index in [4.69, 9.17) is 9.47 Å². The molecule has 0 aromatic heterocycles. The average Bonchev–Trinajstić information content (AvgIpc) is 2.97. The van der Waals surface area contributed by atoms with Gasteiger partial charge in [0.25, 0.3) is 5.91 Å². The van der Waals surface area contributed by atoms with Gasteiger partial charge in [-0.2, -0.15) is 0 Å². The molecule has 0 saturated heterocycles. The second-order valence-corrected chi connectivity index (χ2v) is 10.8. The molecule has 2 heterocycles. The summed E-state index contributed by atoms with van der Waals surface area (Å²) < 4.78 is 11.5. The molecule has 2 N–H and O–H groups in total. The molecule has 8 heteroatoms. The second-order valence-electron chi connectivity index (χ2n) is 10.8. The molecular weight excluding hydrogens is 508 g/mol. The first-order chi connectivity index (χ1) is 19.4. The first-order valence-corrected chi connectivity index (χ1v) is 13.8. The third-order valence-electron chi connectivity index (χ3n) is 8.29. The number of nitrogens with one attached hydrogen (secondary N) is 1. The number of ether oxygens (including phenoxy) is 2. The number of carbonyl (C=O) groups is 3. The van der Waals surface area contributed by atoms with Crippen molar-refractivity contribution in [3.63, 3.8) is 0 Å². The number of benzene rings is 3. The van der Waals surface area contributed by atoms with Crippen LogP contribution in [0.4, 0.5) is 5.69 Å². The molecule has 6 rings (SSSR count). The zero-order chi connectivity index (χ0) is 27.8. The summed E-state index contributed by atoms with van der Waals surface area (Å²) in [6, 6.07) is 19.7. The Morgan fingerprint density at radius 1 is 0.875 bits per heavy atom. The third kappa shape index (κ3) is 4.78. The number of carboxylic acids is 1. The van der Waals surface area contributed by atoms with Crippen LogP contribution in [0, 0.1) is 0 Å². The Morgan fingerprint density at radius 2 is 1.55 bits per heavy atom. The largest absolute Gasteiger partial charge is 0.486 e. The summed E-state index contributed by atoms with van der Waals surface area (Å²) in [7, 11) is 0. The zero-order valence-corrected chi connectivity index (χ0v) is 22.3. The minimum absolute atomic E-state index is 0.00723. The van der Waals surface area contributed by atoms with Crippen LogP contribution in [0.15, 0.2) is 66.7 Å². The quantitative estimate of drug-likeness (QED) is 0.462. The normalized spacial score (nSPS) is 23.7. The molecule has 40 heavy (non-hydrogen) atoms. The molecule has 0 bridgehead atoms. The van der Waals surface area contributed by atoms with Crippen LogP contribution in [-0.2, 0) is 9.59 Å². The lowest BCUT2D eigenvalue weighted by molar-refractivity contribution is -0.139. The highest BCUT2D eigenvalue weighted by atomic mass is 16.6. The van der Waals surface area contributed by atoms with Crippen LogP contribution < -0.4 is 19.7 Å². The lowest BCUT2D eigenvalue weighted by atomic mass is 9.79. The summed E-state index contributed by atoms with van der Waals surface area (Å²) in [5.41, 5.74) is 3.38. The van der Waals surface area contributed by atoms with Crippen molar-refractivity contribution in [2.75, 3.05) is 18.1 Å². The molecule has 3 aromatic rings. The fraction of sp³-hybridized carbons (Fsp3) is 0.344. The highest BCUT2D eigenvalue weighted by Gasteiger charge is 2.45. The van der Waals surface area contributed by atoms with Crippen LogP contribution in [0.5, 0.6) is 11.5 Å². The fourth-order valence-electron chi connectivity index (χ4n) is 6.44. The Morgan fingerprint density at radius 3 is 2.25 bits per heavy atom. The maximum Gasteiger partial charge on any atom is 0.313 e. The van der Waals surface area contributed by atoms with E-state index >= 15 is 0 Å². The number of aliphatic carboxylic acids is 1. The number of carbonyl (C=O) groups excluding carboxylic acids is 2. The third-order valence-corrected chi connectivity index (χ3v) is 8.29. The van der Waals surface area contributed by atoms with Crippen molar-refractivity contribution in [2.24, 2.45) is 0 Å². The van der Waals surface area contributed by atoms with Crippen molar-refractivity contribution >= 4 is 23.5 Å². The number of hydrogen-bond donors (Lipinski definition) is 2. The van der Waals surface area contributed by atoms with E-state index in [1.807, 2.05) is 30.3 Å². The van der Waals surface area contributed by atoms with Gasteiger partial charge in [-0.15, -0.1) is 0 Å². The van der Waals surface area contributed by atoms with Crippen LogP contribution >= 0.6 is 0 Å². The van der Waals surface area contributed by atoms with Crippen LogP contribution in [0.2, 0.25) is 0 Å². The highest BCUT2D eigenvalue weighted by molar-refractivity contribution is 6.11. The van der Waals surface area contributed by atoms with Crippen molar-refractivity contribution in [2.45, 2.75) is 56.5 Å². The highest BCUT2D eigenvalue weighted by Crippen LogP contribution is 2.47. The summed E-state index contributed by atoms with van der Waals surface area (Å²) in [5.74, 6) is -0.683. The van der Waals surface area contributed by atoms with E-state index in [2.05, 4.69) is 5.32 Å². The van der Waals surface area contributed by atoms with Gasteiger partial charge in [-0.05, 0) is 78.6 Å². The van der Waals surface area contributed by atoms with Gasteiger partial charge in [0.05, 0.1) is 6.04 Å². The maximum atomic E-state index is 14.0. The van der Waals surface area contributed by atoms with Crippen molar-refractivity contribution in [1.82, 2.24) is 5.32 Å². The minimum Gasteiger partial charge on any atom is -0.486 e. The molecule has 3 aliphatic rings. The Balaban J connectivity index is 1.36. The van der Waals surface area contributed by atoms with Crippen molar-refractivity contribution < 1.29 is 29.0 Å². The van der Waals surface area contributed by atoms with E-state index in [0.29, 0.717) is 53.0 Å². The van der Waals surface area contributed by atoms with Crippen molar-refractivity contribution in [3.8, 4) is 11.5 Å². The van der Waals surface area contributed by atoms with Crippen LogP contribution in [0.25, 0.3) is 0 Å². The SMILES string of the molecule is CC(=O)NC1CCC(c2ccc(N3C(=O)c4ccccc4C(C(=O)O)C3c3ccc4c(c3)OCCO4)cc2)CC1. The first-order valence-electron chi connectivity index (χ1n) is 13.8. The summed E-state index contributed by atoms with van der Waals surface area (Å²) in [6.07, 6.45) is 3.81. The Labute approximate surface area is 232 Å². The first kappa shape index (κ1) is 25.9. The molecule has 0 radical (unpaired) electrons. The molecule has 206 valence electrons. The lowest BCUT2D eigenvalue weighted by Crippen LogP contribution is -2.45. The maximum absolute atomic E-state index is 14.0. The number of fused-ring (bicyclic) bond motifs is 2. The summed E-state index contributed by atoms with van der Waals surface area (Å²) >= 11 is 0. The second kappa shape index (κ2) is 10.7. The minimum atomic E-state index is -1.00. The molecule has 3 aromatic carbocycles. The van der Waals surface area contributed by atoms with Gasteiger partial charge < -0.3 is 19.9 Å². The Bertz CT molecular complexity index is 1440. The number of rotatable bonds is 5. The van der Waals surface area contributed by atoms with Crippen molar-refractivity contribution in [1.29, 1.82) is 0 Å². The smallest absolute Gasteiger partial charge is 0.313 e. The van der Waals surface area contributed by atoms with E-state index in [9.17, 15) is 19.5 Å². The molecule has 0 spiro atoms. The molecule has 2 atom stereocenters. The summed E-state index contributed by atoms with van der Waals surface area (Å²) in [6.45, 7) is 2.41. The van der Waals surface area contributed by atoms with E-state index < -0.39 is 17.9 Å². The fourth-order valence-corrected chi connectivity index (χ4v) is 6.44. The van der Waals surface area contributed by atoms with Gasteiger partial charge in [-0.3, -0.25) is 19.3 Å². The predicted octanol–water partition coefficient (Wildman–Crippen LogP) is 5.19. The van der Waals surface area contributed by atoms with E-state index in [1.54, 1.807) is 48.2 Å². The van der Waals surface area contributed by atoms with Gasteiger partial charge in [0, 0.05) is 24.2 Å². The monoisotopic (exact) mass is 540 g/mol. The van der Waals surface area contributed by atoms with E-state index in [-0.39, 0.29) is 17.9 Å². The topological polar surface area (TPSA) is 105 Å². The van der Waals surface area contributed by atoms with Gasteiger partial charge in [0.1, 0.15) is 19.1 Å². The molecule has 2 unspecified atom stereocenters. The molecular formula is C32H32N2O6. The molecule has 1 aliphatic carbocycles. The van der Waals surface area contributed by atoms with Crippen molar-refractivity contribution in [3.05, 3.63) is 89.0 Å². The van der Waals surface area contributed by atoms with Crippen LogP contribution in [-0.4, -0.2) is 42.1 Å². The molecule has 1 saturated carbocycles. The molecule has 8 nitrogen and oxygen atoms in total. The number of hydrogen-bond acceptors (Lipinski definition) is 5.